The minimum absolute atomic E-state index is 0.149. The molecule has 1 heterocycles. The number of hydrogen-bond acceptors (Lipinski definition) is 2. The Kier molecular flexibility index (Phi) is 5.43. The zero-order valence-electron chi connectivity index (χ0n) is 13.7. The summed E-state index contributed by atoms with van der Waals surface area (Å²) in [7, 11) is 0. The van der Waals surface area contributed by atoms with E-state index in [-0.39, 0.29) is 11.9 Å². The van der Waals surface area contributed by atoms with Gasteiger partial charge in [0.25, 0.3) is 0 Å². The normalized spacial score (nSPS) is 15.2. The Morgan fingerprint density at radius 1 is 1.20 bits per heavy atom. The molecule has 132 valence electrons. The molecular formula is C19H20ClFN2O2. The van der Waals surface area contributed by atoms with Gasteiger partial charge in [-0.05, 0) is 48.7 Å². The van der Waals surface area contributed by atoms with Gasteiger partial charge >= 0.3 is 6.09 Å². The lowest BCUT2D eigenvalue weighted by Crippen LogP contribution is -2.46. The second-order valence-electron chi connectivity index (χ2n) is 6.24. The maximum absolute atomic E-state index is 13.7. The van der Waals surface area contributed by atoms with Crippen LogP contribution in [0, 0.1) is 5.82 Å². The van der Waals surface area contributed by atoms with Gasteiger partial charge in [0.1, 0.15) is 5.82 Å². The Hall–Kier alpha value is -2.27. The van der Waals surface area contributed by atoms with Gasteiger partial charge in [0.15, 0.2) is 0 Å². The summed E-state index contributed by atoms with van der Waals surface area (Å²) in [5.41, 5.74) is 1.84. The Balaban J connectivity index is 1.83. The fraction of sp³-hybridized carbons (Fsp3) is 0.316. The molecule has 0 radical (unpaired) electrons. The summed E-state index contributed by atoms with van der Waals surface area (Å²) in [6, 6.07) is 14.3. The Morgan fingerprint density at radius 3 is 2.56 bits per heavy atom. The summed E-state index contributed by atoms with van der Waals surface area (Å²) < 4.78 is 13.7. The second kappa shape index (κ2) is 7.74. The molecule has 4 nitrogen and oxygen atoms in total. The number of carbonyl (C=O) groups is 1. The summed E-state index contributed by atoms with van der Waals surface area (Å²) in [5, 5.41) is 9.79. The first-order valence-electron chi connectivity index (χ1n) is 8.27. The first kappa shape index (κ1) is 17.5. The van der Waals surface area contributed by atoms with E-state index in [4.69, 9.17) is 16.7 Å². The third kappa shape index (κ3) is 4.42. The first-order valence-corrected chi connectivity index (χ1v) is 8.65. The minimum atomic E-state index is -0.884. The van der Waals surface area contributed by atoms with Crippen LogP contribution in [-0.4, -0.2) is 35.2 Å². The highest BCUT2D eigenvalue weighted by molar-refractivity contribution is 6.30. The lowest BCUT2D eigenvalue weighted by molar-refractivity contribution is 0.131. The number of anilines is 1. The van der Waals surface area contributed by atoms with Crippen LogP contribution >= 0.6 is 11.6 Å². The lowest BCUT2D eigenvalue weighted by atomic mass is 10.0. The number of likely N-dealkylation sites (tertiary alicyclic amines) is 1. The first-order chi connectivity index (χ1) is 12.0. The van der Waals surface area contributed by atoms with Crippen LogP contribution in [0.4, 0.5) is 14.9 Å². The Morgan fingerprint density at radius 2 is 1.92 bits per heavy atom. The van der Waals surface area contributed by atoms with E-state index in [9.17, 15) is 9.18 Å². The van der Waals surface area contributed by atoms with Crippen molar-refractivity contribution >= 4 is 23.4 Å². The van der Waals surface area contributed by atoms with E-state index < -0.39 is 6.09 Å². The van der Waals surface area contributed by atoms with E-state index in [0.717, 1.165) is 11.3 Å². The number of nitrogens with zero attached hydrogens (tertiary/aromatic N) is 2. The number of piperidine rings is 1. The third-order valence-corrected chi connectivity index (χ3v) is 4.79. The monoisotopic (exact) mass is 362 g/mol. The average Bonchev–Trinajstić information content (AvgIpc) is 2.60. The van der Waals surface area contributed by atoms with Gasteiger partial charge in [-0.2, -0.15) is 0 Å². The van der Waals surface area contributed by atoms with Crippen LogP contribution in [0.25, 0.3) is 0 Å². The molecule has 1 aliphatic heterocycles. The molecule has 25 heavy (non-hydrogen) atoms. The molecule has 0 saturated carbocycles. The molecule has 2 aromatic carbocycles. The topological polar surface area (TPSA) is 43.8 Å². The van der Waals surface area contributed by atoms with E-state index in [1.165, 1.54) is 17.0 Å². The van der Waals surface area contributed by atoms with E-state index >= 15 is 0 Å². The predicted molar refractivity (Wildman–Crippen MR) is 96.7 cm³/mol. The van der Waals surface area contributed by atoms with Crippen LogP contribution in [0.5, 0.6) is 0 Å². The molecule has 0 aliphatic carbocycles. The number of benzene rings is 2. The van der Waals surface area contributed by atoms with Crippen LogP contribution in [-0.2, 0) is 6.54 Å². The summed E-state index contributed by atoms with van der Waals surface area (Å²) in [6.45, 7) is 1.57. The summed E-state index contributed by atoms with van der Waals surface area (Å²) in [6.07, 6.45) is 0.540. The molecule has 0 spiro atoms. The second-order valence-corrected chi connectivity index (χ2v) is 6.67. The van der Waals surface area contributed by atoms with Crippen LogP contribution in [0.15, 0.2) is 48.5 Å². The lowest BCUT2D eigenvalue weighted by Gasteiger charge is -2.39. The van der Waals surface area contributed by atoms with Crippen molar-refractivity contribution in [3.05, 3.63) is 64.9 Å². The third-order valence-electron chi connectivity index (χ3n) is 4.56. The summed E-state index contributed by atoms with van der Waals surface area (Å²) in [5.74, 6) is -0.281. The van der Waals surface area contributed by atoms with Gasteiger partial charge < -0.3 is 14.9 Å². The van der Waals surface area contributed by atoms with Crippen molar-refractivity contribution in [2.24, 2.45) is 0 Å². The SMILES string of the molecule is O=C(O)N1CCC(N(Cc2cccc(Cl)c2)c2cccc(F)c2)CC1. The number of carboxylic acid groups (broad SMARTS) is 1. The van der Waals surface area contributed by atoms with Gasteiger partial charge in [0.2, 0.25) is 0 Å². The molecule has 1 N–H and O–H groups in total. The number of amides is 1. The van der Waals surface area contributed by atoms with Crippen molar-refractivity contribution in [1.29, 1.82) is 0 Å². The van der Waals surface area contributed by atoms with Gasteiger partial charge in [0.05, 0.1) is 0 Å². The van der Waals surface area contributed by atoms with Crippen molar-refractivity contribution in [1.82, 2.24) is 4.90 Å². The van der Waals surface area contributed by atoms with Crippen LogP contribution in [0.3, 0.4) is 0 Å². The number of hydrogen-bond donors (Lipinski definition) is 1. The molecule has 1 saturated heterocycles. The summed E-state index contributed by atoms with van der Waals surface area (Å²) >= 11 is 6.09. The number of rotatable bonds is 4. The highest BCUT2D eigenvalue weighted by Gasteiger charge is 2.27. The molecule has 1 amide bonds. The van der Waals surface area contributed by atoms with Crippen LogP contribution in [0.2, 0.25) is 5.02 Å². The standard InChI is InChI=1S/C19H20ClFN2O2/c20-15-4-1-3-14(11-15)13-23(18-6-2-5-16(21)12-18)17-7-9-22(10-8-17)19(24)25/h1-6,11-12,17H,7-10,13H2,(H,24,25). The molecule has 2 aromatic rings. The van der Waals surface area contributed by atoms with Crippen molar-refractivity contribution in [2.75, 3.05) is 18.0 Å². The van der Waals surface area contributed by atoms with Gasteiger partial charge in [-0.15, -0.1) is 0 Å². The highest BCUT2D eigenvalue weighted by Crippen LogP contribution is 2.27. The molecule has 1 aliphatic rings. The molecule has 0 bridgehead atoms. The van der Waals surface area contributed by atoms with E-state index in [1.54, 1.807) is 6.07 Å². The van der Waals surface area contributed by atoms with Gasteiger partial charge in [-0.1, -0.05) is 29.8 Å². The molecule has 1 fully saturated rings. The molecule has 0 atom stereocenters. The molecule has 0 aromatic heterocycles. The maximum atomic E-state index is 13.7. The zero-order chi connectivity index (χ0) is 17.8. The highest BCUT2D eigenvalue weighted by atomic mass is 35.5. The van der Waals surface area contributed by atoms with Crippen molar-refractivity contribution in [2.45, 2.75) is 25.4 Å². The van der Waals surface area contributed by atoms with Crippen molar-refractivity contribution in [3.8, 4) is 0 Å². The van der Waals surface area contributed by atoms with Gasteiger partial charge in [-0.25, -0.2) is 9.18 Å². The summed E-state index contributed by atoms with van der Waals surface area (Å²) in [4.78, 5) is 14.7. The molecule has 3 rings (SSSR count). The van der Waals surface area contributed by atoms with Crippen LogP contribution in [0.1, 0.15) is 18.4 Å². The largest absolute Gasteiger partial charge is 0.465 e. The van der Waals surface area contributed by atoms with E-state index in [1.807, 2.05) is 30.3 Å². The smallest absolute Gasteiger partial charge is 0.407 e. The maximum Gasteiger partial charge on any atom is 0.407 e. The van der Waals surface area contributed by atoms with Gasteiger partial charge in [0, 0.05) is 36.4 Å². The predicted octanol–water partition coefficient (Wildman–Crippen LogP) is 4.63. The quantitative estimate of drug-likeness (QED) is 0.862. The van der Waals surface area contributed by atoms with E-state index in [0.29, 0.717) is 37.5 Å². The van der Waals surface area contributed by atoms with Gasteiger partial charge in [-0.3, -0.25) is 0 Å². The zero-order valence-corrected chi connectivity index (χ0v) is 14.5. The molecule has 0 unspecified atom stereocenters. The average molecular weight is 363 g/mol. The fourth-order valence-electron chi connectivity index (χ4n) is 3.29. The van der Waals surface area contributed by atoms with E-state index in [2.05, 4.69) is 4.90 Å². The minimum Gasteiger partial charge on any atom is -0.465 e. The van der Waals surface area contributed by atoms with Crippen molar-refractivity contribution < 1.29 is 14.3 Å². The van der Waals surface area contributed by atoms with Crippen LogP contribution < -0.4 is 4.90 Å². The Bertz CT molecular complexity index is 748. The Labute approximate surface area is 151 Å². The molecular weight excluding hydrogens is 343 g/mol. The van der Waals surface area contributed by atoms with Crippen molar-refractivity contribution in [3.63, 3.8) is 0 Å². The molecule has 6 heteroatoms. The fourth-order valence-corrected chi connectivity index (χ4v) is 3.50. The number of halogens is 2.